The number of hydrogen-bond donors (Lipinski definition) is 2. The summed E-state index contributed by atoms with van der Waals surface area (Å²) in [5.41, 5.74) is 6.97. The van der Waals surface area contributed by atoms with Crippen LogP contribution >= 0.6 is 0 Å². The van der Waals surface area contributed by atoms with Crippen LogP contribution in [0.15, 0.2) is 47.4 Å². The van der Waals surface area contributed by atoms with Crippen molar-refractivity contribution in [1.29, 1.82) is 0 Å². The van der Waals surface area contributed by atoms with Crippen LogP contribution in [0.1, 0.15) is 24.9 Å². The van der Waals surface area contributed by atoms with E-state index in [0.29, 0.717) is 12.2 Å². The molecule has 0 aromatic heterocycles. The monoisotopic (exact) mass is 393 g/mol. The molecule has 1 amide bonds. The largest absolute Gasteiger partial charge is 0.399 e. The molecule has 8 heteroatoms. The highest BCUT2D eigenvalue weighted by Crippen LogP contribution is 2.21. The number of nitrogens with two attached hydrogens (primary N) is 1. The van der Waals surface area contributed by atoms with Gasteiger partial charge in [-0.3, -0.25) is 9.69 Å². The first-order chi connectivity index (χ1) is 12.6. The second-order valence-corrected chi connectivity index (χ2v) is 8.55. The minimum atomic E-state index is -3.23. The minimum absolute atomic E-state index is 0.0180. The first-order valence-corrected chi connectivity index (χ1v) is 10.3. The van der Waals surface area contributed by atoms with Crippen molar-refractivity contribution in [3.8, 4) is 0 Å². The SMILES string of the molecule is C[C@H](c1ccc(S(C)(=O)=O)cc1)N(C)CCC(=O)Nc1cc(N)ccc1F. The van der Waals surface area contributed by atoms with Crippen molar-refractivity contribution in [2.75, 3.05) is 30.9 Å². The van der Waals surface area contributed by atoms with E-state index in [-0.39, 0.29) is 29.0 Å². The molecule has 1 atom stereocenters. The van der Waals surface area contributed by atoms with Gasteiger partial charge in [-0.05, 0) is 49.9 Å². The summed E-state index contributed by atoms with van der Waals surface area (Å²) in [5.74, 6) is -0.851. The van der Waals surface area contributed by atoms with Crippen molar-refractivity contribution < 1.29 is 17.6 Å². The van der Waals surface area contributed by atoms with E-state index in [1.807, 2.05) is 18.9 Å². The van der Waals surface area contributed by atoms with Gasteiger partial charge in [-0.1, -0.05) is 12.1 Å². The van der Waals surface area contributed by atoms with Gasteiger partial charge in [0.05, 0.1) is 10.6 Å². The highest BCUT2D eigenvalue weighted by Gasteiger charge is 2.15. The quantitative estimate of drug-likeness (QED) is 0.706. The number of halogens is 1. The van der Waals surface area contributed by atoms with Gasteiger partial charge in [0.25, 0.3) is 0 Å². The average molecular weight is 393 g/mol. The van der Waals surface area contributed by atoms with E-state index in [1.54, 1.807) is 24.3 Å². The number of benzene rings is 2. The van der Waals surface area contributed by atoms with Crippen molar-refractivity contribution in [3.63, 3.8) is 0 Å². The third-order valence-corrected chi connectivity index (χ3v) is 5.54. The normalized spacial score (nSPS) is 12.8. The number of rotatable bonds is 7. The molecule has 0 unspecified atom stereocenters. The fourth-order valence-corrected chi connectivity index (χ4v) is 3.20. The Labute approximate surface area is 159 Å². The van der Waals surface area contributed by atoms with E-state index in [9.17, 15) is 17.6 Å². The molecule has 2 rings (SSSR count). The van der Waals surface area contributed by atoms with Crippen LogP contribution in [0.4, 0.5) is 15.8 Å². The zero-order valence-electron chi connectivity index (χ0n) is 15.6. The maximum Gasteiger partial charge on any atom is 0.225 e. The number of amides is 1. The molecular formula is C19H24FN3O3S. The zero-order chi connectivity index (χ0) is 20.2. The summed E-state index contributed by atoms with van der Waals surface area (Å²) in [7, 11) is -1.36. The Hall–Kier alpha value is -2.45. The van der Waals surface area contributed by atoms with Crippen LogP contribution in [0.25, 0.3) is 0 Å². The number of nitrogen functional groups attached to an aromatic ring is 1. The lowest BCUT2D eigenvalue weighted by molar-refractivity contribution is -0.116. The number of anilines is 2. The van der Waals surface area contributed by atoms with Crippen molar-refractivity contribution in [3.05, 3.63) is 53.8 Å². The van der Waals surface area contributed by atoms with Gasteiger partial charge in [0.15, 0.2) is 9.84 Å². The summed E-state index contributed by atoms with van der Waals surface area (Å²) >= 11 is 0. The Bertz CT molecular complexity index is 914. The maximum absolute atomic E-state index is 13.7. The number of nitrogens with zero attached hydrogens (tertiary/aromatic N) is 1. The van der Waals surface area contributed by atoms with E-state index in [0.717, 1.165) is 5.56 Å². The summed E-state index contributed by atoms with van der Waals surface area (Å²) in [6.45, 7) is 2.41. The Morgan fingerprint density at radius 1 is 1.22 bits per heavy atom. The number of sulfone groups is 1. The van der Waals surface area contributed by atoms with E-state index in [4.69, 9.17) is 5.73 Å². The first kappa shape index (κ1) is 20.9. The molecule has 0 saturated carbocycles. The van der Waals surface area contributed by atoms with Gasteiger partial charge in [-0.15, -0.1) is 0 Å². The van der Waals surface area contributed by atoms with Crippen LogP contribution in [-0.4, -0.2) is 39.1 Å². The lowest BCUT2D eigenvalue weighted by atomic mass is 10.1. The molecule has 27 heavy (non-hydrogen) atoms. The predicted molar refractivity (Wildman–Crippen MR) is 105 cm³/mol. The Morgan fingerprint density at radius 3 is 2.44 bits per heavy atom. The highest BCUT2D eigenvalue weighted by atomic mass is 32.2. The molecular weight excluding hydrogens is 369 g/mol. The molecule has 0 spiro atoms. The molecule has 146 valence electrons. The number of hydrogen-bond acceptors (Lipinski definition) is 5. The van der Waals surface area contributed by atoms with Crippen LogP contribution in [0.5, 0.6) is 0 Å². The molecule has 0 aliphatic heterocycles. The first-order valence-electron chi connectivity index (χ1n) is 8.43. The predicted octanol–water partition coefficient (Wildman–Crippen LogP) is 2.83. The smallest absolute Gasteiger partial charge is 0.225 e. The van der Waals surface area contributed by atoms with E-state index < -0.39 is 15.7 Å². The molecule has 2 aromatic carbocycles. The summed E-state index contributed by atoms with van der Waals surface area (Å²) < 4.78 is 36.7. The van der Waals surface area contributed by atoms with Gasteiger partial charge in [0.2, 0.25) is 5.91 Å². The highest BCUT2D eigenvalue weighted by molar-refractivity contribution is 7.90. The summed E-state index contributed by atoms with van der Waals surface area (Å²) in [4.78, 5) is 14.3. The molecule has 2 aromatic rings. The topological polar surface area (TPSA) is 92.5 Å². The molecule has 0 aliphatic rings. The standard InChI is InChI=1S/C19H24FN3O3S/c1-13(14-4-7-16(8-5-14)27(3,25)26)23(2)11-10-19(24)22-18-12-15(21)6-9-17(18)20/h4-9,12-13H,10-11,21H2,1-3H3,(H,22,24)/t13-/m1/s1. The molecule has 0 aliphatic carbocycles. The maximum atomic E-state index is 13.7. The van der Waals surface area contributed by atoms with Crippen molar-refractivity contribution in [2.24, 2.45) is 0 Å². The summed E-state index contributed by atoms with van der Waals surface area (Å²) in [6, 6.07) is 10.7. The fraction of sp³-hybridized carbons (Fsp3) is 0.316. The molecule has 0 heterocycles. The van der Waals surface area contributed by atoms with Crippen molar-refractivity contribution >= 4 is 27.1 Å². The third-order valence-electron chi connectivity index (χ3n) is 4.41. The lowest BCUT2D eigenvalue weighted by Gasteiger charge is -2.25. The van der Waals surface area contributed by atoms with E-state index in [2.05, 4.69) is 5.32 Å². The molecule has 0 saturated heterocycles. The lowest BCUT2D eigenvalue weighted by Crippen LogP contribution is -2.27. The van der Waals surface area contributed by atoms with Gasteiger partial charge >= 0.3 is 0 Å². The van der Waals surface area contributed by atoms with E-state index in [1.165, 1.54) is 24.5 Å². The Morgan fingerprint density at radius 2 is 1.85 bits per heavy atom. The second kappa shape index (κ2) is 8.49. The number of nitrogens with one attached hydrogen (secondary N) is 1. The van der Waals surface area contributed by atoms with E-state index >= 15 is 0 Å². The number of carbonyl (C=O) groups excluding carboxylic acids is 1. The van der Waals surface area contributed by atoms with Crippen LogP contribution in [0.2, 0.25) is 0 Å². The van der Waals surface area contributed by atoms with Gasteiger partial charge in [0, 0.05) is 31.0 Å². The second-order valence-electron chi connectivity index (χ2n) is 6.54. The Kier molecular flexibility index (Phi) is 6.56. The Balaban J connectivity index is 1.93. The average Bonchev–Trinajstić information content (AvgIpc) is 2.61. The molecule has 6 nitrogen and oxygen atoms in total. The van der Waals surface area contributed by atoms with Crippen LogP contribution in [0, 0.1) is 5.82 Å². The molecule has 0 bridgehead atoms. The third kappa shape index (κ3) is 5.77. The molecule has 0 radical (unpaired) electrons. The van der Waals surface area contributed by atoms with Crippen molar-refractivity contribution in [2.45, 2.75) is 24.3 Å². The minimum Gasteiger partial charge on any atom is -0.399 e. The van der Waals surface area contributed by atoms with Crippen LogP contribution < -0.4 is 11.1 Å². The van der Waals surface area contributed by atoms with Gasteiger partial charge in [0.1, 0.15) is 5.82 Å². The van der Waals surface area contributed by atoms with Crippen LogP contribution in [0.3, 0.4) is 0 Å². The van der Waals surface area contributed by atoms with Gasteiger partial charge < -0.3 is 11.1 Å². The molecule has 3 N–H and O–H groups in total. The zero-order valence-corrected chi connectivity index (χ0v) is 16.4. The van der Waals surface area contributed by atoms with Gasteiger partial charge in [-0.25, -0.2) is 12.8 Å². The van der Waals surface area contributed by atoms with Crippen LogP contribution in [-0.2, 0) is 14.6 Å². The van der Waals surface area contributed by atoms with Crippen molar-refractivity contribution in [1.82, 2.24) is 4.90 Å². The summed E-state index contributed by atoms with van der Waals surface area (Å²) in [5, 5.41) is 2.52. The molecule has 0 fully saturated rings. The fourth-order valence-electron chi connectivity index (χ4n) is 2.57. The number of carbonyl (C=O) groups is 1. The summed E-state index contributed by atoms with van der Waals surface area (Å²) in [6.07, 6.45) is 1.34. The van der Waals surface area contributed by atoms with Gasteiger partial charge in [-0.2, -0.15) is 0 Å².